The number of nitro groups is 1. The lowest BCUT2D eigenvalue weighted by molar-refractivity contribution is -0.384. The Balaban J connectivity index is 2.54. The number of rotatable bonds is 8. The minimum absolute atomic E-state index is 0.0224. The number of aliphatic hydroxyl groups is 1. The number of thioether (sulfide) groups is 1. The lowest BCUT2D eigenvalue weighted by Gasteiger charge is -2.19. The molecule has 0 saturated heterocycles. The van der Waals surface area contributed by atoms with Crippen LogP contribution in [-0.2, 0) is 4.79 Å². The van der Waals surface area contributed by atoms with Crippen LogP contribution in [0.2, 0.25) is 0 Å². The third kappa shape index (κ3) is 5.02. The summed E-state index contributed by atoms with van der Waals surface area (Å²) in [5.74, 6) is 0.105. The summed E-state index contributed by atoms with van der Waals surface area (Å²) in [5.41, 5.74) is 0.0224. The standard InChI is InChI=1S/C13H16N2O4S/c1-2-7-14(8-9-16)13(17)10-20-12-5-3-11(4-6-12)15(18)19/h2-6,16H,1,7-10H2. The lowest BCUT2D eigenvalue weighted by atomic mass is 10.3. The van der Waals surface area contributed by atoms with Crippen LogP contribution in [0.3, 0.4) is 0 Å². The van der Waals surface area contributed by atoms with Crippen LogP contribution < -0.4 is 0 Å². The molecule has 0 aliphatic heterocycles. The summed E-state index contributed by atoms with van der Waals surface area (Å²) in [6, 6.07) is 6.03. The van der Waals surface area contributed by atoms with Crippen molar-refractivity contribution in [3.63, 3.8) is 0 Å². The summed E-state index contributed by atoms with van der Waals surface area (Å²) in [5, 5.41) is 19.4. The smallest absolute Gasteiger partial charge is 0.269 e. The van der Waals surface area contributed by atoms with Gasteiger partial charge in [-0.1, -0.05) is 6.08 Å². The molecule has 1 aromatic rings. The molecule has 0 atom stereocenters. The molecule has 20 heavy (non-hydrogen) atoms. The van der Waals surface area contributed by atoms with E-state index >= 15 is 0 Å². The number of hydrogen-bond donors (Lipinski definition) is 1. The first kappa shape index (κ1) is 16.2. The molecule has 1 amide bonds. The van der Waals surface area contributed by atoms with Gasteiger partial charge in [0.05, 0.1) is 17.3 Å². The van der Waals surface area contributed by atoms with Crippen LogP contribution in [0.1, 0.15) is 0 Å². The van der Waals surface area contributed by atoms with Crippen molar-refractivity contribution in [3.05, 3.63) is 47.0 Å². The Bertz CT molecular complexity index is 476. The van der Waals surface area contributed by atoms with Crippen LogP contribution in [0.5, 0.6) is 0 Å². The number of non-ortho nitro benzene ring substituents is 1. The van der Waals surface area contributed by atoms with Crippen molar-refractivity contribution >= 4 is 23.4 Å². The summed E-state index contributed by atoms with van der Waals surface area (Å²) in [7, 11) is 0. The second-order valence-electron chi connectivity index (χ2n) is 3.89. The predicted octanol–water partition coefficient (Wildman–Crippen LogP) is 1.69. The van der Waals surface area contributed by atoms with Crippen molar-refractivity contribution in [2.45, 2.75) is 4.90 Å². The Morgan fingerprint density at radius 3 is 2.60 bits per heavy atom. The van der Waals surface area contributed by atoms with Gasteiger partial charge in [-0.15, -0.1) is 18.3 Å². The molecule has 1 N–H and O–H groups in total. The fourth-order valence-corrected chi connectivity index (χ4v) is 2.30. The van der Waals surface area contributed by atoms with Gasteiger partial charge in [-0.25, -0.2) is 0 Å². The van der Waals surface area contributed by atoms with E-state index in [1.165, 1.54) is 28.8 Å². The van der Waals surface area contributed by atoms with Crippen molar-refractivity contribution in [1.82, 2.24) is 4.90 Å². The van der Waals surface area contributed by atoms with Crippen molar-refractivity contribution < 1.29 is 14.8 Å². The topological polar surface area (TPSA) is 83.7 Å². The summed E-state index contributed by atoms with van der Waals surface area (Å²) in [4.78, 5) is 24.2. The molecular formula is C13H16N2O4S. The Morgan fingerprint density at radius 1 is 1.45 bits per heavy atom. The van der Waals surface area contributed by atoms with E-state index < -0.39 is 4.92 Å². The highest BCUT2D eigenvalue weighted by Crippen LogP contribution is 2.21. The molecule has 0 aliphatic rings. The average Bonchev–Trinajstić information content (AvgIpc) is 2.45. The Labute approximate surface area is 121 Å². The van der Waals surface area contributed by atoms with E-state index in [0.29, 0.717) is 6.54 Å². The van der Waals surface area contributed by atoms with Crippen molar-refractivity contribution in [2.24, 2.45) is 0 Å². The lowest BCUT2D eigenvalue weighted by Crippen LogP contribution is -2.34. The summed E-state index contributed by atoms with van der Waals surface area (Å²) < 4.78 is 0. The third-order valence-corrected chi connectivity index (χ3v) is 3.48. The number of carbonyl (C=O) groups excluding carboxylic acids is 1. The largest absolute Gasteiger partial charge is 0.395 e. The van der Waals surface area contributed by atoms with E-state index in [1.807, 2.05) is 0 Å². The normalized spacial score (nSPS) is 10.1. The van der Waals surface area contributed by atoms with Crippen LogP contribution in [0, 0.1) is 10.1 Å². The Kier molecular flexibility index (Phi) is 6.75. The van der Waals surface area contributed by atoms with Crippen molar-refractivity contribution in [2.75, 3.05) is 25.4 Å². The first-order valence-electron chi connectivity index (χ1n) is 5.95. The van der Waals surface area contributed by atoms with Gasteiger partial charge in [0.2, 0.25) is 5.91 Å². The number of carbonyl (C=O) groups is 1. The number of nitro benzene ring substituents is 1. The molecule has 0 fully saturated rings. The molecule has 0 heterocycles. The number of hydrogen-bond acceptors (Lipinski definition) is 5. The maximum absolute atomic E-state index is 11.9. The molecular weight excluding hydrogens is 280 g/mol. The minimum atomic E-state index is -0.466. The van der Waals surface area contributed by atoms with Gasteiger partial charge >= 0.3 is 0 Å². The van der Waals surface area contributed by atoms with E-state index in [4.69, 9.17) is 5.11 Å². The molecule has 0 saturated carbocycles. The van der Waals surface area contributed by atoms with E-state index in [2.05, 4.69) is 6.58 Å². The Hall–Kier alpha value is -1.86. The van der Waals surface area contributed by atoms with Crippen LogP contribution in [-0.4, -0.2) is 46.3 Å². The van der Waals surface area contributed by atoms with Crippen molar-refractivity contribution in [3.8, 4) is 0 Å². The van der Waals surface area contributed by atoms with E-state index in [9.17, 15) is 14.9 Å². The first-order chi connectivity index (χ1) is 9.58. The molecule has 0 unspecified atom stereocenters. The maximum atomic E-state index is 11.9. The highest BCUT2D eigenvalue weighted by atomic mass is 32.2. The van der Waals surface area contributed by atoms with Gasteiger partial charge < -0.3 is 10.0 Å². The fourth-order valence-electron chi connectivity index (χ4n) is 1.49. The zero-order chi connectivity index (χ0) is 15.0. The molecule has 1 aromatic carbocycles. The van der Waals surface area contributed by atoms with Gasteiger partial charge in [0, 0.05) is 30.1 Å². The van der Waals surface area contributed by atoms with Crippen LogP contribution in [0.4, 0.5) is 5.69 Å². The SMILES string of the molecule is C=CCN(CCO)C(=O)CSc1ccc([N+](=O)[O-])cc1. The number of nitrogens with zero attached hydrogens (tertiary/aromatic N) is 2. The highest BCUT2D eigenvalue weighted by molar-refractivity contribution is 8.00. The van der Waals surface area contributed by atoms with Gasteiger partial charge in [0.1, 0.15) is 0 Å². The van der Waals surface area contributed by atoms with Crippen molar-refractivity contribution in [1.29, 1.82) is 0 Å². The van der Waals surface area contributed by atoms with Crippen LogP contribution in [0.15, 0.2) is 41.8 Å². The summed E-state index contributed by atoms with van der Waals surface area (Å²) >= 11 is 1.30. The van der Waals surface area contributed by atoms with E-state index in [1.54, 1.807) is 18.2 Å². The second-order valence-corrected chi connectivity index (χ2v) is 4.94. The number of aliphatic hydroxyl groups excluding tert-OH is 1. The van der Waals surface area contributed by atoms with Crippen LogP contribution in [0.25, 0.3) is 0 Å². The third-order valence-electron chi connectivity index (χ3n) is 2.48. The van der Waals surface area contributed by atoms with Crippen LogP contribution >= 0.6 is 11.8 Å². The molecule has 6 nitrogen and oxygen atoms in total. The zero-order valence-electron chi connectivity index (χ0n) is 10.9. The molecule has 1 rings (SSSR count). The van der Waals surface area contributed by atoms with Gasteiger partial charge in [-0.2, -0.15) is 0 Å². The molecule has 108 valence electrons. The fraction of sp³-hybridized carbons (Fsp3) is 0.308. The van der Waals surface area contributed by atoms with Gasteiger partial charge in [-0.05, 0) is 12.1 Å². The quantitative estimate of drug-likeness (QED) is 0.341. The van der Waals surface area contributed by atoms with Gasteiger partial charge in [0.25, 0.3) is 5.69 Å². The highest BCUT2D eigenvalue weighted by Gasteiger charge is 2.12. The monoisotopic (exact) mass is 296 g/mol. The first-order valence-corrected chi connectivity index (χ1v) is 6.93. The summed E-state index contributed by atoms with van der Waals surface area (Å²) in [6.07, 6.45) is 1.60. The molecule has 0 spiro atoms. The second kappa shape index (κ2) is 8.34. The van der Waals surface area contributed by atoms with E-state index in [0.717, 1.165) is 4.90 Å². The molecule has 0 radical (unpaired) electrons. The Morgan fingerprint density at radius 2 is 2.10 bits per heavy atom. The number of amides is 1. The minimum Gasteiger partial charge on any atom is -0.395 e. The molecule has 7 heteroatoms. The zero-order valence-corrected chi connectivity index (χ0v) is 11.7. The molecule has 0 aliphatic carbocycles. The summed E-state index contributed by atoms with van der Waals surface area (Å²) in [6.45, 7) is 4.13. The molecule has 0 aromatic heterocycles. The maximum Gasteiger partial charge on any atom is 0.269 e. The van der Waals surface area contributed by atoms with Gasteiger partial charge in [-0.3, -0.25) is 14.9 Å². The van der Waals surface area contributed by atoms with Gasteiger partial charge in [0.15, 0.2) is 0 Å². The number of benzene rings is 1. The van der Waals surface area contributed by atoms with E-state index in [-0.39, 0.29) is 30.5 Å². The molecule has 0 bridgehead atoms. The average molecular weight is 296 g/mol. The predicted molar refractivity (Wildman–Crippen MR) is 77.7 cm³/mol.